The molecular weight excluding hydrogens is 268 g/mol. The van der Waals surface area contributed by atoms with Crippen molar-refractivity contribution in [2.75, 3.05) is 39.3 Å². The molecule has 0 aromatic rings. The fraction of sp³-hybridized carbons (Fsp3) is 0.867. The fourth-order valence-electron chi connectivity index (χ4n) is 3.16. The Balaban J connectivity index is 1.91. The van der Waals surface area contributed by atoms with E-state index >= 15 is 0 Å². The molecule has 0 aromatic carbocycles. The van der Waals surface area contributed by atoms with Gasteiger partial charge in [0.15, 0.2) is 0 Å². The van der Waals surface area contributed by atoms with E-state index in [1.165, 1.54) is 0 Å². The van der Waals surface area contributed by atoms with Crippen LogP contribution < -0.4 is 5.32 Å². The molecule has 120 valence electrons. The number of amides is 3. The van der Waals surface area contributed by atoms with Crippen LogP contribution in [0.4, 0.5) is 4.79 Å². The van der Waals surface area contributed by atoms with Gasteiger partial charge in [0.2, 0.25) is 5.91 Å². The van der Waals surface area contributed by atoms with E-state index in [4.69, 9.17) is 0 Å². The number of urea groups is 1. The first-order chi connectivity index (χ1) is 9.90. The summed E-state index contributed by atoms with van der Waals surface area (Å²) in [7, 11) is 0. The second-order valence-corrected chi connectivity index (χ2v) is 6.67. The minimum Gasteiger partial charge on any atom is -0.354 e. The number of carbonyl (C=O) groups excluding carboxylic acids is 2. The molecule has 0 spiro atoms. The number of nitrogens with zero attached hydrogens (tertiary/aromatic N) is 3. The van der Waals surface area contributed by atoms with Crippen molar-refractivity contribution in [3.8, 4) is 0 Å². The first kappa shape index (κ1) is 16.1. The summed E-state index contributed by atoms with van der Waals surface area (Å²) in [4.78, 5) is 30.0. The molecule has 2 saturated heterocycles. The molecule has 2 rings (SSSR count). The van der Waals surface area contributed by atoms with Crippen LogP contribution in [0.1, 0.15) is 27.7 Å². The van der Waals surface area contributed by atoms with E-state index in [2.05, 4.69) is 37.9 Å². The molecule has 0 bridgehead atoms. The van der Waals surface area contributed by atoms with Crippen LogP contribution in [0.15, 0.2) is 0 Å². The Morgan fingerprint density at radius 3 is 2.43 bits per heavy atom. The lowest BCUT2D eigenvalue weighted by Gasteiger charge is -2.29. The van der Waals surface area contributed by atoms with E-state index in [-0.39, 0.29) is 18.0 Å². The van der Waals surface area contributed by atoms with E-state index in [1.54, 1.807) is 0 Å². The Kier molecular flexibility index (Phi) is 5.08. The summed E-state index contributed by atoms with van der Waals surface area (Å²) in [5.74, 6) is 0.542. The van der Waals surface area contributed by atoms with Crippen molar-refractivity contribution < 1.29 is 9.59 Å². The predicted molar refractivity (Wildman–Crippen MR) is 82.0 cm³/mol. The maximum absolute atomic E-state index is 12.6. The van der Waals surface area contributed by atoms with Crippen LogP contribution in [-0.4, -0.2) is 78.0 Å². The van der Waals surface area contributed by atoms with Crippen LogP contribution in [0.5, 0.6) is 0 Å². The molecule has 0 aromatic heterocycles. The summed E-state index contributed by atoms with van der Waals surface area (Å²) in [6, 6.07) is 0.669. The molecular formula is C15H28N4O2. The maximum Gasteiger partial charge on any atom is 0.320 e. The number of hydrogen-bond donors (Lipinski definition) is 1. The van der Waals surface area contributed by atoms with Gasteiger partial charge in [-0.1, -0.05) is 13.8 Å². The van der Waals surface area contributed by atoms with Crippen molar-refractivity contribution in [3.63, 3.8) is 0 Å². The summed E-state index contributed by atoms with van der Waals surface area (Å²) < 4.78 is 0. The predicted octanol–water partition coefficient (Wildman–Crippen LogP) is 0.589. The molecule has 0 aliphatic carbocycles. The normalized spacial score (nSPS) is 24.4. The average molecular weight is 296 g/mol. The summed E-state index contributed by atoms with van der Waals surface area (Å²) in [6.07, 6.45) is 0. The van der Waals surface area contributed by atoms with Gasteiger partial charge < -0.3 is 15.1 Å². The number of carbonyl (C=O) groups is 2. The molecule has 3 amide bonds. The van der Waals surface area contributed by atoms with Gasteiger partial charge in [-0.2, -0.15) is 0 Å². The molecule has 1 N–H and O–H groups in total. The van der Waals surface area contributed by atoms with Crippen molar-refractivity contribution >= 4 is 11.9 Å². The molecule has 6 heteroatoms. The first-order valence-electron chi connectivity index (χ1n) is 7.96. The van der Waals surface area contributed by atoms with Gasteiger partial charge in [-0.3, -0.25) is 9.69 Å². The van der Waals surface area contributed by atoms with Crippen molar-refractivity contribution in [3.05, 3.63) is 0 Å². The number of hydrogen-bond acceptors (Lipinski definition) is 3. The van der Waals surface area contributed by atoms with Gasteiger partial charge >= 0.3 is 6.03 Å². The summed E-state index contributed by atoms with van der Waals surface area (Å²) in [5, 5.41) is 2.82. The average Bonchev–Trinajstić information content (AvgIpc) is 2.74. The van der Waals surface area contributed by atoms with Crippen molar-refractivity contribution in [2.24, 2.45) is 5.92 Å². The molecule has 2 heterocycles. The monoisotopic (exact) mass is 296 g/mol. The lowest BCUT2D eigenvalue weighted by molar-refractivity contribution is -0.124. The topological polar surface area (TPSA) is 55.9 Å². The maximum atomic E-state index is 12.6. The Morgan fingerprint density at radius 1 is 1.19 bits per heavy atom. The standard InChI is InChI=1S/C15H28N4O2/c1-11(2)13-9-18(15(21)19(13)12(3)4)8-7-17-6-5-16-14(20)10-17/h11-13H,5-10H2,1-4H3,(H,16,20). The third-order valence-electron chi connectivity index (χ3n) is 4.39. The Morgan fingerprint density at radius 2 is 1.90 bits per heavy atom. The molecule has 2 aliphatic heterocycles. The summed E-state index contributed by atoms with van der Waals surface area (Å²) >= 11 is 0. The van der Waals surface area contributed by atoms with Crippen molar-refractivity contribution in [1.82, 2.24) is 20.0 Å². The van der Waals surface area contributed by atoms with E-state index in [1.807, 2.05) is 9.80 Å². The molecule has 2 aliphatic rings. The third-order valence-corrected chi connectivity index (χ3v) is 4.39. The zero-order valence-electron chi connectivity index (χ0n) is 13.6. The number of rotatable bonds is 5. The van der Waals surface area contributed by atoms with Gasteiger partial charge in [0.1, 0.15) is 0 Å². The molecule has 1 atom stereocenters. The molecule has 21 heavy (non-hydrogen) atoms. The highest BCUT2D eigenvalue weighted by Crippen LogP contribution is 2.24. The molecule has 0 radical (unpaired) electrons. The van der Waals surface area contributed by atoms with E-state index < -0.39 is 0 Å². The van der Waals surface area contributed by atoms with Crippen LogP contribution >= 0.6 is 0 Å². The van der Waals surface area contributed by atoms with Crippen LogP contribution in [0.3, 0.4) is 0 Å². The van der Waals surface area contributed by atoms with Crippen molar-refractivity contribution in [1.29, 1.82) is 0 Å². The second kappa shape index (κ2) is 6.64. The van der Waals surface area contributed by atoms with Gasteiger partial charge in [0.25, 0.3) is 0 Å². The quantitative estimate of drug-likeness (QED) is 0.808. The summed E-state index contributed by atoms with van der Waals surface area (Å²) in [5.41, 5.74) is 0. The van der Waals surface area contributed by atoms with Gasteiger partial charge in [-0.05, 0) is 19.8 Å². The second-order valence-electron chi connectivity index (χ2n) is 6.67. The molecule has 2 fully saturated rings. The van der Waals surface area contributed by atoms with Crippen LogP contribution in [0.25, 0.3) is 0 Å². The zero-order valence-corrected chi connectivity index (χ0v) is 13.6. The minimum atomic E-state index is 0.0814. The highest BCUT2D eigenvalue weighted by Gasteiger charge is 2.39. The lowest BCUT2D eigenvalue weighted by atomic mass is 10.0. The Hall–Kier alpha value is -1.30. The van der Waals surface area contributed by atoms with Gasteiger partial charge in [0, 0.05) is 38.8 Å². The first-order valence-corrected chi connectivity index (χ1v) is 7.96. The number of piperazine rings is 1. The largest absolute Gasteiger partial charge is 0.354 e. The van der Waals surface area contributed by atoms with Gasteiger partial charge in [0.05, 0.1) is 12.6 Å². The smallest absolute Gasteiger partial charge is 0.320 e. The fourth-order valence-corrected chi connectivity index (χ4v) is 3.16. The Labute approximate surface area is 127 Å². The highest BCUT2D eigenvalue weighted by atomic mass is 16.2. The van der Waals surface area contributed by atoms with E-state index in [0.29, 0.717) is 31.6 Å². The molecule has 6 nitrogen and oxygen atoms in total. The van der Waals surface area contributed by atoms with E-state index in [9.17, 15) is 9.59 Å². The van der Waals surface area contributed by atoms with E-state index in [0.717, 1.165) is 19.6 Å². The zero-order chi connectivity index (χ0) is 15.6. The molecule has 1 unspecified atom stereocenters. The van der Waals surface area contributed by atoms with Crippen LogP contribution in [0.2, 0.25) is 0 Å². The molecule has 0 saturated carbocycles. The summed E-state index contributed by atoms with van der Waals surface area (Å²) in [6.45, 7) is 12.8. The van der Waals surface area contributed by atoms with Gasteiger partial charge in [-0.25, -0.2) is 4.79 Å². The SMILES string of the molecule is CC(C)C1CN(CCN2CCNC(=O)C2)C(=O)N1C(C)C. The lowest BCUT2D eigenvalue weighted by Crippen LogP contribution is -2.50. The van der Waals surface area contributed by atoms with Crippen LogP contribution in [0, 0.1) is 5.92 Å². The minimum absolute atomic E-state index is 0.0814. The third kappa shape index (κ3) is 3.67. The van der Waals surface area contributed by atoms with Crippen LogP contribution in [-0.2, 0) is 4.79 Å². The van der Waals surface area contributed by atoms with Gasteiger partial charge in [-0.15, -0.1) is 0 Å². The highest BCUT2D eigenvalue weighted by molar-refractivity contribution is 5.79. The van der Waals surface area contributed by atoms with Crippen molar-refractivity contribution in [2.45, 2.75) is 39.8 Å². The number of nitrogens with one attached hydrogen (secondary N) is 1. The Bertz CT molecular complexity index is 397.